The number of amides is 1. The second kappa shape index (κ2) is 6.97. The number of anilines is 1. The average molecular weight is 339 g/mol. The third-order valence-electron chi connectivity index (χ3n) is 4.68. The third-order valence-corrected chi connectivity index (χ3v) is 4.68. The Labute approximate surface area is 146 Å². The lowest BCUT2D eigenvalue weighted by Crippen LogP contribution is -2.45. The van der Waals surface area contributed by atoms with Gasteiger partial charge in [-0.2, -0.15) is 0 Å². The van der Waals surface area contributed by atoms with Crippen molar-refractivity contribution in [1.82, 2.24) is 0 Å². The van der Waals surface area contributed by atoms with Crippen molar-refractivity contribution in [2.45, 2.75) is 25.8 Å². The van der Waals surface area contributed by atoms with E-state index >= 15 is 0 Å². The molecule has 2 aromatic carbocycles. The summed E-state index contributed by atoms with van der Waals surface area (Å²) in [5.41, 5.74) is 2.50. The molecule has 0 aromatic heterocycles. The molecule has 25 heavy (non-hydrogen) atoms. The summed E-state index contributed by atoms with van der Waals surface area (Å²) in [6, 6.07) is 14.3. The van der Waals surface area contributed by atoms with E-state index in [1.54, 1.807) is 18.1 Å². The summed E-state index contributed by atoms with van der Waals surface area (Å²) < 4.78 is 5.43. The van der Waals surface area contributed by atoms with Gasteiger partial charge in [-0.25, -0.2) is 0 Å². The molecule has 5 heteroatoms. The summed E-state index contributed by atoms with van der Waals surface area (Å²) in [6.45, 7) is 1.97. The third kappa shape index (κ3) is 3.22. The van der Waals surface area contributed by atoms with Crippen LogP contribution in [0.3, 0.4) is 0 Å². The van der Waals surface area contributed by atoms with Crippen molar-refractivity contribution in [3.63, 3.8) is 0 Å². The van der Waals surface area contributed by atoms with Crippen molar-refractivity contribution in [3.8, 4) is 5.75 Å². The number of rotatable bonds is 4. The molecule has 1 heterocycles. The Morgan fingerprint density at radius 1 is 1.16 bits per heavy atom. The van der Waals surface area contributed by atoms with Crippen LogP contribution in [0.15, 0.2) is 48.5 Å². The number of hydrogen-bond acceptors (Lipinski definition) is 3. The quantitative estimate of drug-likeness (QED) is 0.925. The van der Waals surface area contributed by atoms with Crippen LogP contribution in [0.1, 0.15) is 30.0 Å². The number of para-hydroxylation sites is 1. The molecule has 2 atom stereocenters. The van der Waals surface area contributed by atoms with Gasteiger partial charge in [-0.1, -0.05) is 35.9 Å². The van der Waals surface area contributed by atoms with E-state index in [0.29, 0.717) is 23.4 Å². The van der Waals surface area contributed by atoms with Crippen LogP contribution in [-0.2, 0) is 9.59 Å². The molecular weight excluding hydrogens is 318 g/mol. The zero-order chi connectivity index (χ0) is 18.0. The highest BCUT2D eigenvalue weighted by atomic mass is 16.5. The van der Waals surface area contributed by atoms with E-state index in [-0.39, 0.29) is 12.3 Å². The number of piperidine rings is 1. The van der Waals surface area contributed by atoms with E-state index in [9.17, 15) is 14.7 Å². The molecule has 1 saturated heterocycles. The molecule has 0 bridgehead atoms. The fourth-order valence-corrected chi connectivity index (χ4v) is 3.43. The average Bonchev–Trinajstić information content (AvgIpc) is 2.62. The van der Waals surface area contributed by atoms with Gasteiger partial charge in [-0.05, 0) is 31.5 Å². The SMILES string of the molecule is COc1ccccc1C1C(C(=O)O)CCC(=O)N1c1ccc(C)cc1. The van der Waals surface area contributed by atoms with Crippen LogP contribution < -0.4 is 9.64 Å². The Morgan fingerprint density at radius 3 is 2.48 bits per heavy atom. The van der Waals surface area contributed by atoms with Gasteiger partial charge in [0.2, 0.25) is 5.91 Å². The number of nitrogens with zero attached hydrogens (tertiary/aromatic N) is 1. The maximum atomic E-state index is 12.7. The van der Waals surface area contributed by atoms with Crippen LogP contribution in [0, 0.1) is 12.8 Å². The van der Waals surface area contributed by atoms with Crippen LogP contribution in [0.4, 0.5) is 5.69 Å². The van der Waals surface area contributed by atoms with Crippen molar-refractivity contribution in [3.05, 3.63) is 59.7 Å². The second-order valence-electron chi connectivity index (χ2n) is 6.27. The monoisotopic (exact) mass is 339 g/mol. The molecule has 2 unspecified atom stereocenters. The Hall–Kier alpha value is -2.82. The van der Waals surface area contributed by atoms with Crippen molar-refractivity contribution < 1.29 is 19.4 Å². The maximum Gasteiger partial charge on any atom is 0.308 e. The molecule has 0 spiro atoms. The Balaban J connectivity index is 2.15. The lowest BCUT2D eigenvalue weighted by atomic mass is 9.83. The van der Waals surface area contributed by atoms with Crippen molar-refractivity contribution in [2.75, 3.05) is 12.0 Å². The highest BCUT2D eigenvalue weighted by Gasteiger charge is 2.42. The topological polar surface area (TPSA) is 66.8 Å². The Morgan fingerprint density at radius 2 is 1.84 bits per heavy atom. The minimum absolute atomic E-state index is 0.0720. The van der Waals surface area contributed by atoms with E-state index < -0.39 is 17.9 Å². The predicted molar refractivity (Wildman–Crippen MR) is 94.8 cm³/mol. The summed E-state index contributed by atoms with van der Waals surface area (Å²) in [7, 11) is 1.55. The molecule has 1 aliphatic rings. The molecule has 130 valence electrons. The maximum absolute atomic E-state index is 12.7. The van der Waals surface area contributed by atoms with E-state index in [4.69, 9.17) is 4.74 Å². The van der Waals surface area contributed by atoms with Gasteiger partial charge in [0, 0.05) is 17.7 Å². The van der Waals surface area contributed by atoms with Crippen LogP contribution in [0.5, 0.6) is 5.75 Å². The molecular formula is C20H21NO4. The molecule has 1 fully saturated rings. The molecule has 1 N–H and O–H groups in total. The van der Waals surface area contributed by atoms with Gasteiger partial charge in [0.05, 0.1) is 19.1 Å². The van der Waals surface area contributed by atoms with Crippen molar-refractivity contribution in [1.29, 1.82) is 0 Å². The minimum atomic E-state index is -0.902. The van der Waals surface area contributed by atoms with Gasteiger partial charge in [0.25, 0.3) is 0 Å². The highest BCUT2D eigenvalue weighted by Crippen LogP contribution is 2.43. The lowest BCUT2D eigenvalue weighted by Gasteiger charge is -2.40. The van der Waals surface area contributed by atoms with Crippen LogP contribution in [-0.4, -0.2) is 24.1 Å². The first-order valence-electron chi connectivity index (χ1n) is 8.27. The molecule has 5 nitrogen and oxygen atoms in total. The fourth-order valence-electron chi connectivity index (χ4n) is 3.43. The molecule has 3 rings (SSSR count). The smallest absolute Gasteiger partial charge is 0.308 e. The van der Waals surface area contributed by atoms with Gasteiger partial charge in [-0.15, -0.1) is 0 Å². The Kier molecular flexibility index (Phi) is 4.74. The van der Waals surface area contributed by atoms with Crippen molar-refractivity contribution in [2.24, 2.45) is 5.92 Å². The summed E-state index contributed by atoms with van der Waals surface area (Å²) in [6.07, 6.45) is 0.537. The number of ether oxygens (including phenoxy) is 1. The Bertz CT molecular complexity index is 785. The first-order chi connectivity index (χ1) is 12.0. The van der Waals surface area contributed by atoms with E-state index in [1.165, 1.54) is 0 Å². The number of aryl methyl sites for hydroxylation is 1. The number of aliphatic carboxylic acids is 1. The number of carboxylic acids is 1. The zero-order valence-corrected chi connectivity index (χ0v) is 14.3. The summed E-state index contributed by atoms with van der Waals surface area (Å²) in [5, 5.41) is 9.75. The molecule has 0 radical (unpaired) electrons. The normalized spacial score (nSPS) is 20.4. The predicted octanol–water partition coefficient (Wildman–Crippen LogP) is 3.57. The van der Waals surface area contributed by atoms with Crippen molar-refractivity contribution >= 4 is 17.6 Å². The van der Waals surface area contributed by atoms with Gasteiger partial charge >= 0.3 is 5.97 Å². The van der Waals surface area contributed by atoms with E-state index in [2.05, 4.69) is 0 Å². The lowest BCUT2D eigenvalue weighted by molar-refractivity contribution is -0.144. The first-order valence-corrected chi connectivity index (χ1v) is 8.27. The second-order valence-corrected chi connectivity index (χ2v) is 6.27. The van der Waals surface area contributed by atoms with E-state index in [0.717, 1.165) is 5.56 Å². The molecule has 1 amide bonds. The number of methoxy groups -OCH3 is 1. The molecule has 1 aliphatic heterocycles. The number of benzene rings is 2. The van der Waals surface area contributed by atoms with Crippen LogP contribution >= 0.6 is 0 Å². The summed E-state index contributed by atoms with van der Waals surface area (Å²) in [4.78, 5) is 26.2. The van der Waals surface area contributed by atoms with Gasteiger partial charge in [0.15, 0.2) is 0 Å². The largest absolute Gasteiger partial charge is 0.496 e. The number of carboxylic acid groups (broad SMARTS) is 1. The first kappa shape index (κ1) is 17.0. The highest BCUT2D eigenvalue weighted by molar-refractivity contribution is 5.97. The number of carbonyl (C=O) groups excluding carboxylic acids is 1. The molecule has 2 aromatic rings. The van der Waals surface area contributed by atoms with Gasteiger partial charge in [-0.3, -0.25) is 9.59 Å². The fraction of sp³-hybridized carbons (Fsp3) is 0.300. The standard InChI is InChI=1S/C20H21NO4/c1-13-7-9-14(10-8-13)21-18(22)12-11-16(20(23)24)19(21)15-5-3-4-6-17(15)25-2/h3-10,16,19H,11-12H2,1-2H3,(H,23,24). The molecule has 0 saturated carbocycles. The summed E-state index contributed by atoms with van der Waals surface area (Å²) in [5.74, 6) is -1.07. The number of hydrogen-bond donors (Lipinski definition) is 1. The minimum Gasteiger partial charge on any atom is -0.496 e. The van der Waals surface area contributed by atoms with Crippen LogP contribution in [0.25, 0.3) is 0 Å². The summed E-state index contributed by atoms with van der Waals surface area (Å²) >= 11 is 0. The zero-order valence-electron chi connectivity index (χ0n) is 14.3. The van der Waals surface area contributed by atoms with Gasteiger partial charge in [0.1, 0.15) is 5.75 Å². The molecule has 0 aliphatic carbocycles. The van der Waals surface area contributed by atoms with Crippen LogP contribution in [0.2, 0.25) is 0 Å². The number of carbonyl (C=O) groups is 2. The van der Waals surface area contributed by atoms with E-state index in [1.807, 2.05) is 49.4 Å². The van der Waals surface area contributed by atoms with Gasteiger partial charge < -0.3 is 14.7 Å².